The highest BCUT2D eigenvalue weighted by atomic mass is 35.5. The number of nitrogens with zero attached hydrogens (tertiary/aromatic N) is 3. The van der Waals surface area contributed by atoms with E-state index >= 15 is 0 Å². The Morgan fingerprint density at radius 3 is 2.42 bits per heavy atom. The first-order valence-corrected chi connectivity index (χ1v) is 14.0. The van der Waals surface area contributed by atoms with E-state index in [9.17, 15) is 0 Å². The SMILES string of the molecule is Cc1cc([C@@H]2[C@@H](c3ccccn3)NC(=S)N2c2ccc(OC3CCCC3)cc2)c(C)n1-c1ccccc1Cl. The normalized spacial score (nSPS) is 19.7. The molecular formula is C31H31ClN4OS. The van der Waals surface area contributed by atoms with Crippen LogP contribution < -0.4 is 15.0 Å². The van der Waals surface area contributed by atoms with E-state index in [2.05, 4.69) is 71.1 Å². The number of thiocarbonyl (C=S) groups is 1. The van der Waals surface area contributed by atoms with Gasteiger partial charge in [0.25, 0.3) is 0 Å². The number of aryl methyl sites for hydroxylation is 1. The van der Waals surface area contributed by atoms with Crippen LogP contribution in [0, 0.1) is 13.8 Å². The molecule has 1 aliphatic carbocycles. The number of hydrogen-bond donors (Lipinski definition) is 1. The van der Waals surface area contributed by atoms with Crippen LogP contribution >= 0.6 is 23.8 Å². The fourth-order valence-electron chi connectivity index (χ4n) is 5.92. The summed E-state index contributed by atoms with van der Waals surface area (Å²) in [5.74, 6) is 0.911. The molecule has 5 nitrogen and oxygen atoms in total. The van der Waals surface area contributed by atoms with Crippen LogP contribution in [-0.4, -0.2) is 20.8 Å². The summed E-state index contributed by atoms with van der Waals surface area (Å²) in [5.41, 5.74) is 6.36. The highest BCUT2D eigenvalue weighted by Gasteiger charge is 2.42. The lowest BCUT2D eigenvalue weighted by molar-refractivity contribution is 0.210. The van der Waals surface area contributed by atoms with Crippen LogP contribution in [0.2, 0.25) is 5.02 Å². The number of para-hydroxylation sites is 1. The highest BCUT2D eigenvalue weighted by molar-refractivity contribution is 7.80. The van der Waals surface area contributed by atoms with E-state index in [1.54, 1.807) is 0 Å². The van der Waals surface area contributed by atoms with Gasteiger partial charge in [0.15, 0.2) is 5.11 Å². The van der Waals surface area contributed by atoms with Gasteiger partial charge in [0, 0.05) is 23.3 Å². The monoisotopic (exact) mass is 542 g/mol. The summed E-state index contributed by atoms with van der Waals surface area (Å²) in [6.45, 7) is 4.27. The molecule has 1 N–H and O–H groups in total. The Morgan fingerprint density at radius 1 is 0.974 bits per heavy atom. The van der Waals surface area contributed by atoms with Gasteiger partial charge in [-0.2, -0.15) is 0 Å². The Bertz CT molecular complexity index is 1450. The predicted octanol–water partition coefficient (Wildman–Crippen LogP) is 7.64. The van der Waals surface area contributed by atoms with Gasteiger partial charge in [-0.15, -0.1) is 0 Å². The molecule has 0 unspecified atom stereocenters. The first-order chi connectivity index (χ1) is 18.5. The van der Waals surface area contributed by atoms with E-state index in [1.807, 2.05) is 36.5 Å². The van der Waals surface area contributed by atoms with Gasteiger partial charge in [-0.25, -0.2) is 0 Å². The van der Waals surface area contributed by atoms with Crippen molar-refractivity contribution in [1.82, 2.24) is 14.9 Å². The van der Waals surface area contributed by atoms with Crippen molar-refractivity contribution in [2.24, 2.45) is 0 Å². The molecule has 7 heteroatoms. The number of rotatable bonds is 6. The first kappa shape index (κ1) is 25.0. The average molecular weight is 543 g/mol. The Kier molecular flexibility index (Phi) is 6.85. The Hall–Kier alpha value is -3.35. The molecule has 2 aromatic carbocycles. The van der Waals surface area contributed by atoms with E-state index in [1.165, 1.54) is 18.4 Å². The van der Waals surface area contributed by atoms with E-state index in [0.717, 1.165) is 52.1 Å². The molecular weight excluding hydrogens is 512 g/mol. The summed E-state index contributed by atoms with van der Waals surface area (Å²) >= 11 is 12.6. The lowest BCUT2D eigenvalue weighted by Gasteiger charge is -2.28. The van der Waals surface area contributed by atoms with Crippen molar-refractivity contribution < 1.29 is 4.74 Å². The molecule has 2 atom stereocenters. The number of anilines is 1. The molecule has 194 valence electrons. The van der Waals surface area contributed by atoms with Crippen molar-refractivity contribution in [1.29, 1.82) is 0 Å². The standard InChI is InChI=1S/C31H31ClN4OS/c1-20-19-25(21(2)35(20)28-13-6-5-11-26(28)32)30-29(27-12-7-8-18-33-27)34-31(38)36(30)22-14-16-24(17-15-22)37-23-9-3-4-10-23/h5-8,11-19,23,29-30H,3-4,9-10H2,1-2H3,(H,34,38)/t29-,30-/m1/s1. The maximum absolute atomic E-state index is 6.63. The zero-order valence-electron chi connectivity index (χ0n) is 21.6. The fourth-order valence-corrected chi connectivity index (χ4v) is 6.49. The van der Waals surface area contributed by atoms with Gasteiger partial charge in [0.2, 0.25) is 0 Å². The number of nitrogens with one attached hydrogen (secondary N) is 1. The number of aromatic nitrogens is 2. The van der Waals surface area contributed by atoms with E-state index in [4.69, 9.17) is 33.5 Å². The van der Waals surface area contributed by atoms with Gasteiger partial charge >= 0.3 is 0 Å². The van der Waals surface area contributed by atoms with Gasteiger partial charge in [-0.3, -0.25) is 4.98 Å². The van der Waals surface area contributed by atoms with Crippen LogP contribution in [0.5, 0.6) is 5.75 Å². The molecule has 0 spiro atoms. The van der Waals surface area contributed by atoms with Gasteiger partial charge in [0.1, 0.15) is 5.75 Å². The summed E-state index contributed by atoms with van der Waals surface area (Å²) in [6, 6.07) is 24.4. The van der Waals surface area contributed by atoms with Gasteiger partial charge in [-0.05, 0) is 112 Å². The number of halogens is 1. The lowest BCUT2D eigenvalue weighted by Crippen LogP contribution is -2.29. The van der Waals surface area contributed by atoms with Gasteiger partial charge in [-0.1, -0.05) is 29.8 Å². The highest BCUT2D eigenvalue weighted by Crippen LogP contribution is 2.44. The van der Waals surface area contributed by atoms with Crippen molar-refractivity contribution in [3.63, 3.8) is 0 Å². The second kappa shape index (κ2) is 10.4. The van der Waals surface area contributed by atoms with E-state index in [0.29, 0.717) is 11.2 Å². The van der Waals surface area contributed by atoms with Crippen LogP contribution in [0.1, 0.15) is 60.4 Å². The molecule has 0 radical (unpaired) electrons. The lowest BCUT2D eigenvalue weighted by atomic mass is 9.96. The van der Waals surface area contributed by atoms with Gasteiger partial charge in [0.05, 0.1) is 34.6 Å². The minimum atomic E-state index is -0.113. The largest absolute Gasteiger partial charge is 0.490 e. The minimum Gasteiger partial charge on any atom is -0.490 e. The maximum atomic E-state index is 6.63. The number of pyridine rings is 1. The molecule has 2 aliphatic rings. The molecule has 2 fully saturated rings. The molecule has 1 saturated carbocycles. The van der Waals surface area contributed by atoms with Gasteiger partial charge < -0.3 is 19.5 Å². The summed E-state index contributed by atoms with van der Waals surface area (Å²) in [4.78, 5) is 6.92. The van der Waals surface area contributed by atoms with E-state index in [-0.39, 0.29) is 12.1 Å². The predicted molar refractivity (Wildman–Crippen MR) is 158 cm³/mol. The van der Waals surface area contributed by atoms with Crippen LogP contribution in [0.25, 0.3) is 5.69 Å². The molecule has 1 saturated heterocycles. The van der Waals surface area contributed by atoms with Crippen molar-refractivity contribution in [3.05, 3.63) is 107 Å². The Balaban J connectivity index is 1.42. The van der Waals surface area contributed by atoms with E-state index < -0.39 is 0 Å². The summed E-state index contributed by atoms with van der Waals surface area (Å²) in [6.07, 6.45) is 6.93. The second-order valence-corrected chi connectivity index (χ2v) is 10.9. The van der Waals surface area contributed by atoms with Crippen molar-refractivity contribution in [3.8, 4) is 11.4 Å². The molecule has 1 aliphatic heterocycles. The minimum absolute atomic E-state index is 0.0959. The van der Waals surface area contributed by atoms with Crippen molar-refractivity contribution >= 4 is 34.6 Å². The van der Waals surface area contributed by atoms with Crippen LogP contribution in [-0.2, 0) is 0 Å². The van der Waals surface area contributed by atoms with Crippen LogP contribution in [0.3, 0.4) is 0 Å². The Labute approximate surface area is 234 Å². The Morgan fingerprint density at radius 2 is 1.71 bits per heavy atom. The smallest absolute Gasteiger partial charge is 0.174 e. The zero-order chi connectivity index (χ0) is 26.2. The maximum Gasteiger partial charge on any atom is 0.174 e. The molecule has 38 heavy (non-hydrogen) atoms. The quantitative estimate of drug-likeness (QED) is 0.253. The van der Waals surface area contributed by atoms with Crippen LogP contribution in [0.15, 0.2) is 79.0 Å². The topological polar surface area (TPSA) is 42.3 Å². The van der Waals surface area contributed by atoms with Crippen molar-refractivity contribution in [2.75, 3.05) is 4.90 Å². The number of benzene rings is 2. The van der Waals surface area contributed by atoms with Crippen LogP contribution in [0.4, 0.5) is 5.69 Å². The zero-order valence-corrected chi connectivity index (χ0v) is 23.2. The third kappa shape index (κ3) is 4.56. The fraction of sp³-hybridized carbons (Fsp3) is 0.290. The number of ether oxygens (including phenoxy) is 1. The third-order valence-corrected chi connectivity index (χ3v) is 8.33. The molecule has 3 heterocycles. The first-order valence-electron chi connectivity index (χ1n) is 13.2. The molecule has 6 rings (SSSR count). The summed E-state index contributed by atoms with van der Waals surface area (Å²) in [5, 5.41) is 4.97. The average Bonchev–Trinajstić information content (AvgIpc) is 3.63. The molecule has 0 bridgehead atoms. The summed E-state index contributed by atoms with van der Waals surface area (Å²) < 4.78 is 8.45. The molecule has 4 aromatic rings. The molecule has 2 aromatic heterocycles. The summed E-state index contributed by atoms with van der Waals surface area (Å²) in [7, 11) is 0. The third-order valence-electron chi connectivity index (χ3n) is 7.70. The second-order valence-electron chi connectivity index (χ2n) is 10.1. The molecule has 0 amide bonds. The number of hydrogen-bond acceptors (Lipinski definition) is 3. The van der Waals surface area contributed by atoms with Crippen molar-refractivity contribution in [2.45, 2.75) is 57.7 Å².